The average molecular weight is 381 g/mol. The van der Waals surface area contributed by atoms with Crippen molar-refractivity contribution in [2.45, 2.75) is 20.8 Å². The summed E-state index contributed by atoms with van der Waals surface area (Å²) in [6, 6.07) is 9.74. The monoisotopic (exact) mass is 380 g/mol. The van der Waals surface area contributed by atoms with E-state index < -0.39 is 0 Å². The normalized spacial score (nSPS) is 11.4. The molecule has 2 rings (SSSR count). The van der Waals surface area contributed by atoms with Crippen LogP contribution in [0, 0.1) is 13.8 Å². The van der Waals surface area contributed by atoms with Crippen LogP contribution in [-0.2, 0) is 4.79 Å². The van der Waals surface area contributed by atoms with Crippen LogP contribution in [0.25, 0.3) is 0 Å². The summed E-state index contributed by atoms with van der Waals surface area (Å²) in [6.45, 7) is 5.76. The molecule has 0 saturated carbocycles. The van der Waals surface area contributed by atoms with E-state index in [9.17, 15) is 4.79 Å². The van der Waals surface area contributed by atoms with Crippen LogP contribution >= 0.6 is 27.3 Å². The van der Waals surface area contributed by atoms with Gasteiger partial charge < -0.3 is 4.74 Å². The van der Waals surface area contributed by atoms with Gasteiger partial charge in [0.25, 0.3) is 5.91 Å². The number of nitrogens with zero attached hydrogens (tertiary/aromatic N) is 1. The van der Waals surface area contributed by atoms with Gasteiger partial charge in [-0.05, 0) is 60.5 Å². The summed E-state index contributed by atoms with van der Waals surface area (Å²) in [4.78, 5) is 12.8. The molecule has 22 heavy (non-hydrogen) atoms. The Balaban J connectivity index is 1.88. The van der Waals surface area contributed by atoms with Crippen molar-refractivity contribution >= 4 is 38.9 Å². The maximum absolute atomic E-state index is 11.8. The number of carbonyl (C=O) groups is 1. The average Bonchev–Trinajstić information content (AvgIpc) is 2.90. The minimum absolute atomic E-state index is 0.0607. The van der Waals surface area contributed by atoms with E-state index in [4.69, 9.17) is 4.74 Å². The van der Waals surface area contributed by atoms with Crippen molar-refractivity contribution in [1.29, 1.82) is 0 Å². The number of carbonyl (C=O) groups excluding carboxylic acids is 1. The summed E-state index contributed by atoms with van der Waals surface area (Å²) in [5, 5.41) is 4.08. The van der Waals surface area contributed by atoms with Crippen LogP contribution in [0.3, 0.4) is 0 Å². The molecular weight excluding hydrogens is 364 g/mol. The van der Waals surface area contributed by atoms with Crippen molar-refractivity contribution in [1.82, 2.24) is 5.43 Å². The Kier molecular flexibility index (Phi) is 5.74. The van der Waals surface area contributed by atoms with E-state index in [-0.39, 0.29) is 12.5 Å². The summed E-state index contributed by atoms with van der Waals surface area (Å²) in [7, 11) is 0. The lowest BCUT2D eigenvalue weighted by atomic mass is 10.1. The summed E-state index contributed by atoms with van der Waals surface area (Å²) in [5.74, 6) is 0.429. The smallest absolute Gasteiger partial charge is 0.277 e. The molecular formula is C16H17BrN2O2S. The number of hydrogen-bond donors (Lipinski definition) is 1. The topological polar surface area (TPSA) is 50.7 Å². The lowest BCUT2D eigenvalue weighted by molar-refractivity contribution is -0.123. The van der Waals surface area contributed by atoms with Crippen LogP contribution in [0.5, 0.6) is 5.75 Å². The number of hydrogen-bond acceptors (Lipinski definition) is 4. The first-order valence-corrected chi connectivity index (χ1v) is 8.35. The third-order valence-corrected chi connectivity index (χ3v) is 4.70. The van der Waals surface area contributed by atoms with Crippen LogP contribution in [0.15, 0.2) is 39.2 Å². The molecule has 0 unspecified atom stereocenters. The standard InChI is InChI=1S/C16H17BrN2O2S/c1-10-4-5-13(11(2)8-10)21-9-16(20)19-18-12(3)14-6-7-15(17)22-14/h4-8H,9H2,1-3H3,(H,19,20)/b18-12-. The molecule has 0 atom stereocenters. The van der Waals surface area contributed by atoms with Gasteiger partial charge in [-0.15, -0.1) is 11.3 Å². The van der Waals surface area contributed by atoms with Crippen molar-refractivity contribution in [2.75, 3.05) is 6.61 Å². The largest absolute Gasteiger partial charge is 0.483 e. The van der Waals surface area contributed by atoms with Gasteiger partial charge in [-0.25, -0.2) is 5.43 Å². The Hall–Kier alpha value is -1.66. The molecule has 0 fully saturated rings. The van der Waals surface area contributed by atoms with Crippen molar-refractivity contribution in [3.8, 4) is 5.75 Å². The second-order valence-electron chi connectivity index (χ2n) is 4.89. The van der Waals surface area contributed by atoms with Gasteiger partial charge in [-0.2, -0.15) is 5.10 Å². The second-order valence-corrected chi connectivity index (χ2v) is 7.36. The quantitative estimate of drug-likeness (QED) is 0.628. The molecule has 0 saturated heterocycles. The molecule has 0 aliphatic rings. The highest BCUT2D eigenvalue weighted by Gasteiger charge is 2.06. The van der Waals surface area contributed by atoms with Crippen molar-refractivity contribution in [3.63, 3.8) is 0 Å². The van der Waals surface area contributed by atoms with E-state index in [0.717, 1.165) is 25.5 Å². The molecule has 1 heterocycles. The first-order valence-electron chi connectivity index (χ1n) is 6.74. The zero-order valence-electron chi connectivity index (χ0n) is 12.6. The lowest BCUT2D eigenvalue weighted by Crippen LogP contribution is -2.25. The number of ether oxygens (including phenoxy) is 1. The maximum Gasteiger partial charge on any atom is 0.277 e. The molecule has 6 heteroatoms. The highest BCUT2D eigenvalue weighted by molar-refractivity contribution is 9.11. The fourth-order valence-corrected chi connectivity index (χ4v) is 3.18. The van der Waals surface area contributed by atoms with Crippen molar-refractivity contribution in [3.05, 3.63) is 50.1 Å². The number of rotatable bonds is 5. The summed E-state index contributed by atoms with van der Waals surface area (Å²) in [6.07, 6.45) is 0. The first-order chi connectivity index (χ1) is 10.5. The van der Waals surface area contributed by atoms with E-state index in [1.165, 1.54) is 0 Å². The van der Waals surface area contributed by atoms with Crippen LogP contribution in [0.1, 0.15) is 22.9 Å². The Bertz CT molecular complexity index is 710. The van der Waals surface area contributed by atoms with Crippen LogP contribution in [-0.4, -0.2) is 18.2 Å². The molecule has 1 amide bonds. The number of hydrazone groups is 1. The van der Waals surface area contributed by atoms with Gasteiger partial charge in [-0.1, -0.05) is 17.7 Å². The Labute approximate surface area is 142 Å². The molecule has 2 aromatic rings. The summed E-state index contributed by atoms with van der Waals surface area (Å²) >= 11 is 4.96. The number of halogens is 1. The van der Waals surface area contributed by atoms with E-state index in [2.05, 4.69) is 26.5 Å². The second kappa shape index (κ2) is 7.56. The Morgan fingerprint density at radius 2 is 2.09 bits per heavy atom. The molecule has 4 nitrogen and oxygen atoms in total. The molecule has 0 radical (unpaired) electrons. The SMILES string of the molecule is C/C(=N/NC(=O)COc1ccc(C)cc1C)c1ccc(Br)s1. The number of nitrogens with one attached hydrogen (secondary N) is 1. The Morgan fingerprint density at radius 3 is 2.73 bits per heavy atom. The van der Waals surface area contributed by atoms with Gasteiger partial charge >= 0.3 is 0 Å². The minimum Gasteiger partial charge on any atom is -0.483 e. The third-order valence-electron chi connectivity index (χ3n) is 2.97. The van der Waals surface area contributed by atoms with Crippen LogP contribution in [0.2, 0.25) is 0 Å². The van der Waals surface area contributed by atoms with E-state index in [1.54, 1.807) is 11.3 Å². The molecule has 1 aromatic heterocycles. The molecule has 0 aliphatic heterocycles. The number of amides is 1. The number of benzene rings is 1. The molecule has 0 aliphatic carbocycles. The first kappa shape index (κ1) is 16.7. The fourth-order valence-electron chi connectivity index (χ4n) is 1.85. The molecule has 1 N–H and O–H groups in total. The third kappa shape index (κ3) is 4.68. The highest BCUT2D eigenvalue weighted by Crippen LogP contribution is 2.22. The van der Waals surface area contributed by atoms with Crippen LogP contribution < -0.4 is 10.2 Å². The lowest BCUT2D eigenvalue weighted by Gasteiger charge is -2.08. The minimum atomic E-state index is -0.282. The predicted octanol–water partition coefficient (Wildman–Crippen LogP) is 4.05. The molecule has 0 bridgehead atoms. The maximum atomic E-state index is 11.8. The summed E-state index contributed by atoms with van der Waals surface area (Å²) in [5.41, 5.74) is 5.44. The van der Waals surface area contributed by atoms with Crippen molar-refractivity contribution in [2.24, 2.45) is 5.10 Å². The van der Waals surface area contributed by atoms with E-state index >= 15 is 0 Å². The zero-order chi connectivity index (χ0) is 16.1. The number of thiophene rings is 1. The van der Waals surface area contributed by atoms with Gasteiger partial charge in [0, 0.05) is 0 Å². The Morgan fingerprint density at radius 1 is 1.32 bits per heavy atom. The van der Waals surface area contributed by atoms with Gasteiger partial charge in [0.1, 0.15) is 5.75 Å². The molecule has 0 spiro atoms. The number of aryl methyl sites for hydroxylation is 2. The van der Waals surface area contributed by atoms with E-state index in [0.29, 0.717) is 5.75 Å². The summed E-state index contributed by atoms with van der Waals surface area (Å²) < 4.78 is 6.54. The van der Waals surface area contributed by atoms with Gasteiger partial charge in [0.05, 0.1) is 14.4 Å². The molecule has 1 aromatic carbocycles. The van der Waals surface area contributed by atoms with Crippen LogP contribution in [0.4, 0.5) is 0 Å². The fraction of sp³-hybridized carbons (Fsp3) is 0.250. The highest BCUT2D eigenvalue weighted by atomic mass is 79.9. The van der Waals surface area contributed by atoms with Gasteiger partial charge in [0.15, 0.2) is 6.61 Å². The van der Waals surface area contributed by atoms with Gasteiger partial charge in [-0.3, -0.25) is 4.79 Å². The van der Waals surface area contributed by atoms with E-state index in [1.807, 2.05) is 51.1 Å². The van der Waals surface area contributed by atoms with Gasteiger partial charge in [0.2, 0.25) is 0 Å². The van der Waals surface area contributed by atoms with Crippen molar-refractivity contribution < 1.29 is 9.53 Å². The predicted molar refractivity (Wildman–Crippen MR) is 93.8 cm³/mol. The zero-order valence-corrected chi connectivity index (χ0v) is 15.0. The molecule has 116 valence electrons.